The zero-order valence-electron chi connectivity index (χ0n) is 24.3. The van der Waals surface area contributed by atoms with E-state index < -0.39 is 36.4 Å². The number of imidazole rings is 1. The summed E-state index contributed by atoms with van der Waals surface area (Å²) in [7, 11) is 1.73. The number of nitrogens with zero attached hydrogens (tertiary/aromatic N) is 4. The molecule has 1 aliphatic heterocycles. The van der Waals surface area contributed by atoms with E-state index in [9.17, 15) is 14.4 Å². The van der Waals surface area contributed by atoms with Crippen molar-refractivity contribution in [2.24, 2.45) is 0 Å². The van der Waals surface area contributed by atoms with Gasteiger partial charge in [0.05, 0.1) is 38.3 Å². The van der Waals surface area contributed by atoms with Crippen LogP contribution in [0, 0.1) is 6.92 Å². The molecule has 1 fully saturated rings. The topological polar surface area (TPSA) is 185 Å². The maximum Gasteiger partial charge on any atom is 0.336 e. The molecule has 4 rings (SSSR count). The van der Waals surface area contributed by atoms with Crippen molar-refractivity contribution in [2.75, 3.05) is 20.3 Å². The number of hydrogen-bond donors (Lipinski definition) is 4. The summed E-state index contributed by atoms with van der Waals surface area (Å²) in [4.78, 5) is 41.8. The molecule has 3 aromatic rings. The third-order valence-corrected chi connectivity index (χ3v) is 6.90. The molecule has 1 aromatic carbocycles. The summed E-state index contributed by atoms with van der Waals surface area (Å²) in [5.41, 5.74) is 0.763. The first kappa shape index (κ1) is 33.2. The number of pyridine rings is 1. The van der Waals surface area contributed by atoms with Crippen molar-refractivity contribution < 1.29 is 44.3 Å². The van der Waals surface area contributed by atoms with E-state index in [1.807, 2.05) is 37.6 Å². The maximum atomic E-state index is 10.3. The van der Waals surface area contributed by atoms with E-state index in [-0.39, 0.29) is 0 Å². The summed E-state index contributed by atoms with van der Waals surface area (Å²) < 4.78 is 13.7. The number of ether oxygens (including phenoxy) is 2. The van der Waals surface area contributed by atoms with Crippen LogP contribution in [0.4, 0.5) is 0 Å². The molecule has 1 aliphatic rings. The normalized spacial score (nSPS) is 14.7. The van der Waals surface area contributed by atoms with Crippen LogP contribution in [0.25, 0.3) is 0 Å². The molecule has 232 valence electrons. The minimum atomic E-state index is -2.74. The van der Waals surface area contributed by atoms with E-state index in [4.69, 9.17) is 29.9 Å². The summed E-state index contributed by atoms with van der Waals surface area (Å²) in [6, 6.07) is 12.6. The highest BCUT2D eigenvalue weighted by Crippen LogP contribution is 2.24. The van der Waals surface area contributed by atoms with Crippen molar-refractivity contribution in [3.8, 4) is 5.75 Å². The van der Waals surface area contributed by atoms with E-state index in [2.05, 4.69) is 43.7 Å². The van der Waals surface area contributed by atoms with Crippen molar-refractivity contribution in [2.45, 2.75) is 63.9 Å². The van der Waals surface area contributed by atoms with Crippen molar-refractivity contribution in [1.29, 1.82) is 0 Å². The molecule has 0 aliphatic carbocycles. The van der Waals surface area contributed by atoms with Crippen molar-refractivity contribution >= 4 is 17.9 Å². The quantitative estimate of drug-likeness (QED) is 0.213. The molecule has 2 aromatic heterocycles. The zero-order valence-corrected chi connectivity index (χ0v) is 24.3. The molecule has 0 amide bonds. The van der Waals surface area contributed by atoms with E-state index in [0.717, 1.165) is 68.5 Å². The Kier molecular flexibility index (Phi) is 12.2. The minimum Gasteiger partial charge on any atom is -0.496 e. The van der Waals surface area contributed by atoms with Gasteiger partial charge in [-0.2, -0.15) is 0 Å². The molecule has 13 heteroatoms. The van der Waals surface area contributed by atoms with E-state index in [0.29, 0.717) is 6.10 Å². The molecule has 1 unspecified atom stereocenters. The fourth-order valence-electron chi connectivity index (χ4n) is 4.76. The third kappa shape index (κ3) is 10.5. The molecule has 13 nitrogen and oxygen atoms in total. The lowest BCUT2D eigenvalue weighted by atomic mass is 9.96. The summed E-state index contributed by atoms with van der Waals surface area (Å²) in [6.45, 7) is 6.21. The largest absolute Gasteiger partial charge is 0.496 e. The smallest absolute Gasteiger partial charge is 0.336 e. The van der Waals surface area contributed by atoms with Crippen LogP contribution in [-0.2, 0) is 38.8 Å². The van der Waals surface area contributed by atoms with Gasteiger partial charge in [0.1, 0.15) is 11.6 Å². The average molecular weight is 599 g/mol. The predicted octanol–water partition coefficient (Wildman–Crippen LogP) is 2.58. The Bertz CT molecular complexity index is 1340. The first-order valence-corrected chi connectivity index (χ1v) is 13.8. The number of aliphatic hydroxyl groups is 1. The highest BCUT2D eigenvalue weighted by molar-refractivity contribution is 5.88. The average Bonchev–Trinajstić information content (AvgIpc) is 3.60. The second kappa shape index (κ2) is 15.8. The van der Waals surface area contributed by atoms with Gasteiger partial charge in [0, 0.05) is 50.4 Å². The van der Waals surface area contributed by atoms with Gasteiger partial charge in [0.2, 0.25) is 0 Å². The first-order chi connectivity index (χ1) is 20.5. The summed E-state index contributed by atoms with van der Waals surface area (Å²) in [5.74, 6) is -3.12. The van der Waals surface area contributed by atoms with Crippen LogP contribution >= 0.6 is 0 Å². The second-order valence-electron chi connectivity index (χ2n) is 10.4. The van der Waals surface area contributed by atoms with Gasteiger partial charge in [0.25, 0.3) is 0 Å². The van der Waals surface area contributed by atoms with Crippen LogP contribution in [0.2, 0.25) is 0 Å². The van der Waals surface area contributed by atoms with Gasteiger partial charge in [0.15, 0.2) is 5.60 Å². The minimum absolute atomic E-state index is 0.306. The molecule has 43 heavy (non-hydrogen) atoms. The molecule has 4 N–H and O–H groups in total. The van der Waals surface area contributed by atoms with Gasteiger partial charge in [-0.05, 0) is 49.6 Å². The molecule has 0 radical (unpaired) electrons. The lowest BCUT2D eigenvalue weighted by molar-refractivity contribution is -0.170. The number of carboxylic acid groups (broad SMARTS) is 3. The number of carboxylic acids is 3. The molecule has 1 saturated heterocycles. The number of carbonyl (C=O) groups is 3. The molecule has 3 heterocycles. The molecule has 0 saturated carbocycles. The van der Waals surface area contributed by atoms with Crippen LogP contribution in [0.15, 0.2) is 55.0 Å². The Labute approximate surface area is 249 Å². The highest BCUT2D eigenvalue weighted by atomic mass is 16.5. The number of aromatic nitrogens is 3. The van der Waals surface area contributed by atoms with Crippen LogP contribution in [0.3, 0.4) is 0 Å². The van der Waals surface area contributed by atoms with E-state index in [1.165, 1.54) is 5.56 Å². The van der Waals surface area contributed by atoms with Crippen molar-refractivity contribution in [3.63, 3.8) is 0 Å². The molecular weight excluding hydrogens is 560 g/mol. The maximum absolute atomic E-state index is 10.3. The Morgan fingerprint density at radius 2 is 1.81 bits per heavy atom. The summed E-state index contributed by atoms with van der Waals surface area (Å²) >= 11 is 0. The monoisotopic (exact) mass is 598 g/mol. The van der Waals surface area contributed by atoms with E-state index >= 15 is 0 Å². The molecule has 0 bridgehead atoms. The number of benzene rings is 1. The van der Waals surface area contributed by atoms with Crippen LogP contribution in [-0.4, -0.2) is 89.7 Å². The van der Waals surface area contributed by atoms with E-state index in [1.54, 1.807) is 7.11 Å². The van der Waals surface area contributed by atoms with Gasteiger partial charge >= 0.3 is 17.9 Å². The standard InChI is InChI=1S/C24H30N4O2.C6H8O7/c1-19-25-11-12-28(19)16-21-14-20(8-9-24(21)29-2)15-27(18-23-7-5-13-30-23)17-22-6-3-4-10-26-22;7-3(8)1-6(13,5(11)12)2-4(9)10/h3-4,6,8-12,14,23H,5,7,13,15-18H2,1-2H3;13H,1-2H2,(H,7,8)(H,9,10)(H,11,12). The third-order valence-electron chi connectivity index (χ3n) is 6.90. The van der Waals surface area contributed by atoms with Crippen LogP contribution < -0.4 is 4.74 Å². The molecule has 0 spiro atoms. The van der Waals surface area contributed by atoms with Gasteiger partial charge in [-0.1, -0.05) is 12.1 Å². The van der Waals surface area contributed by atoms with Crippen LogP contribution in [0.5, 0.6) is 5.75 Å². The Balaban J connectivity index is 0.000000331. The summed E-state index contributed by atoms with van der Waals surface area (Å²) in [5, 5.41) is 33.8. The van der Waals surface area contributed by atoms with Crippen molar-refractivity contribution in [1.82, 2.24) is 19.4 Å². The second-order valence-corrected chi connectivity index (χ2v) is 10.4. The molecule has 1 atom stereocenters. The fraction of sp³-hybridized carbons (Fsp3) is 0.433. The van der Waals surface area contributed by atoms with Gasteiger partial charge in [-0.25, -0.2) is 9.78 Å². The first-order valence-electron chi connectivity index (χ1n) is 13.8. The number of aryl methyl sites for hydroxylation is 1. The fourth-order valence-corrected chi connectivity index (χ4v) is 4.76. The Morgan fingerprint density at radius 3 is 2.35 bits per heavy atom. The molecular formula is C30H38N4O9. The van der Waals surface area contributed by atoms with Crippen molar-refractivity contribution in [3.05, 3.63) is 77.6 Å². The predicted molar refractivity (Wildman–Crippen MR) is 153 cm³/mol. The number of hydrogen-bond acceptors (Lipinski definition) is 9. The lowest BCUT2D eigenvalue weighted by Gasteiger charge is -2.25. The Morgan fingerprint density at radius 1 is 1.07 bits per heavy atom. The van der Waals surface area contributed by atoms with Gasteiger partial charge < -0.3 is 34.5 Å². The number of methoxy groups -OCH3 is 1. The Hall–Kier alpha value is -4.33. The summed E-state index contributed by atoms with van der Waals surface area (Å²) in [6.07, 6.45) is 6.00. The lowest BCUT2D eigenvalue weighted by Crippen LogP contribution is -2.42. The number of aliphatic carboxylic acids is 3. The van der Waals surface area contributed by atoms with Crippen LogP contribution in [0.1, 0.15) is 48.3 Å². The van der Waals surface area contributed by atoms with Gasteiger partial charge in [-0.15, -0.1) is 0 Å². The SMILES string of the molecule is COc1ccc(CN(Cc2ccccn2)CC2CCCO2)cc1Cn1ccnc1C.O=C(O)CC(O)(CC(=O)O)C(=O)O. The zero-order chi connectivity index (χ0) is 31.4. The highest BCUT2D eigenvalue weighted by Gasteiger charge is 2.40. The van der Waals surface area contributed by atoms with Gasteiger partial charge in [-0.3, -0.25) is 19.5 Å². The number of rotatable bonds is 14.